The summed E-state index contributed by atoms with van der Waals surface area (Å²) in [6, 6.07) is 0. The summed E-state index contributed by atoms with van der Waals surface area (Å²) in [5, 5.41) is 0. The standard InChI is InChI=1S/C41H70NO9P/c1-3-5-7-8-9-10-11-12-13-14-15-18-21-24-28-32-40(44)48-36-39(37-50-52(46,47)49-35-34-42)51-41(45)33-29-25-22-19-16-17-20-23-27-31-38(43)30-26-6-4-2/h9-10,12-13,15,18,20,23,27,31,39H,3-8,11,14,16-17,19,21-22,24-26,28-30,32-37,42H2,1-2H3,(H,46,47)/b10-9-,13-12-,18-15-,23-20-,31-27+/t39-/m1/s1. The van der Waals surface area contributed by atoms with Crippen molar-refractivity contribution < 1.29 is 42.4 Å². The van der Waals surface area contributed by atoms with Gasteiger partial charge in [-0.25, -0.2) is 4.57 Å². The van der Waals surface area contributed by atoms with Crippen molar-refractivity contribution in [3.05, 3.63) is 60.8 Å². The minimum atomic E-state index is -4.41. The van der Waals surface area contributed by atoms with E-state index in [1.807, 2.05) is 12.2 Å². The third kappa shape index (κ3) is 35.8. The smallest absolute Gasteiger partial charge is 0.462 e. The molecule has 0 saturated heterocycles. The molecule has 0 spiro atoms. The Bertz CT molecular complexity index is 1100. The Morgan fingerprint density at radius 3 is 1.87 bits per heavy atom. The van der Waals surface area contributed by atoms with Gasteiger partial charge in [-0.05, 0) is 76.7 Å². The van der Waals surface area contributed by atoms with Crippen molar-refractivity contribution in [3.8, 4) is 0 Å². The second-order valence-corrected chi connectivity index (χ2v) is 14.3. The second-order valence-electron chi connectivity index (χ2n) is 12.8. The summed E-state index contributed by atoms with van der Waals surface area (Å²) in [6.45, 7) is 3.42. The fourth-order valence-corrected chi connectivity index (χ4v) is 5.62. The van der Waals surface area contributed by atoms with Crippen LogP contribution in [0.4, 0.5) is 0 Å². The van der Waals surface area contributed by atoms with E-state index in [9.17, 15) is 23.8 Å². The number of ether oxygens (including phenoxy) is 2. The maximum Gasteiger partial charge on any atom is 0.472 e. The van der Waals surface area contributed by atoms with Crippen molar-refractivity contribution in [3.63, 3.8) is 0 Å². The summed E-state index contributed by atoms with van der Waals surface area (Å²) in [5.74, 6) is -0.772. The monoisotopic (exact) mass is 751 g/mol. The second kappa shape index (κ2) is 36.7. The van der Waals surface area contributed by atoms with Gasteiger partial charge in [0.05, 0.1) is 13.2 Å². The van der Waals surface area contributed by atoms with Gasteiger partial charge in [0.1, 0.15) is 6.61 Å². The number of hydrogen-bond acceptors (Lipinski definition) is 9. The van der Waals surface area contributed by atoms with Gasteiger partial charge in [0.25, 0.3) is 0 Å². The highest BCUT2D eigenvalue weighted by molar-refractivity contribution is 7.47. The zero-order valence-corrected chi connectivity index (χ0v) is 33.2. The van der Waals surface area contributed by atoms with E-state index >= 15 is 0 Å². The van der Waals surface area contributed by atoms with E-state index in [0.717, 1.165) is 83.5 Å². The molecule has 0 heterocycles. The van der Waals surface area contributed by atoms with Crippen molar-refractivity contribution in [1.29, 1.82) is 0 Å². The van der Waals surface area contributed by atoms with Crippen molar-refractivity contribution in [1.82, 2.24) is 0 Å². The highest BCUT2D eigenvalue weighted by atomic mass is 31.2. The van der Waals surface area contributed by atoms with Gasteiger partial charge < -0.3 is 20.1 Å². The zero-order valence-electron chi connectivity index (χ0n) is 32.3. The number of nitrogens with two attached hydrogens (primary N) is 1. The number of phosphoric ester groups is 1. The molecule has 11 heteroatoms. The van der Waals surface area contributed by atoms with Crippen LogP contribution >= 0.6 is 7.82 Å². The van der Waals surface area contributed by atoms with Crippen LogP contribution in [0.25, 0.3) is 0 Å². The number of carbonyl (C=O) groups is 3. The maximum absolute atomic E-state index is 12.5. The molecule has 0 bridgehead atoms. The van der Waals surface area contributed by atoms with Crippen LogP contribution in [0.5, 0.6) is 0 Å². The Labute approximate surface area is 315 Å². The Kier molecular flexibility index (Phi) is 34.9. The largest absolute Gasteiger partial charge is 0.472 e. The molecule has 0 radical (unpaired) electrons. The maximum atomic E-state index is 12.5. The molecule has 10 nitrogen and oxygen atoms in total. The molecule has 0 rings (SSSR count). The van der Waals surface area contributed by atoms with E-state index in [-0.39, 0.29) is 38.4 Å². The molecule has 0 amide bonds. The molecule has 0 fully saturated rings. The minimum Gasteiger partial charge on any atom is -0.462 e. The highest BCUT2D eigenvalue weighted by Crippen LogP contribution is 2.43. The van der Waals surface area contributed by atoms with Crippen LogP contribution in [-0.4, -0.2) is 55.1 Å². The number of esters is 2. The highest BCUT2D eigenvalue weighted by Gasteiger charge is 2.25. The van der Waals surface area contributed by atoms with E-state index in [0.29, 0.717) is 19.3 Å². The van der Waals surface area contributed by atoms with E-state index < -0.39 is 32.5 Å². The number of allylic oxidation sites excluding steroid dienone is 10. The topological polar surface area (TPSA) is 151 Å². The van der Waals surface area contributed by atoms with Crippen LogP contribution in [0, 0.1) is 0 Å². The van der Waals surface area contributed by atoms with Crippen LogP contribution < -0.4 is 5.73 Å². The summed E-state index contributed by atoms with van der Waals surface area (Å²) in [5.41, 5.74) is 5.32. The Morgan fingerprint density at radius 2 is 1.17 bits per heavy atom. The van der Waals surface area contributed by atoms with Crippen LogP contribution in [0.3, 0.4) is 0 Å². The molecule has 0 aliphatic heterocycles. The predicted molar refractivity (Wildman–Crippen MR) is 211 cm³/mol. The fourth-order valence-electron chi connectivity index (χ4n) is 4.86. The molecule has 2 atom stereocenters. The van der Waals surface area contributed by atoms with Crippen molar-refractivity contribution >= 4 is 25.5 Å². The van der Waals surface area contributed by atoms with Gasteiger partial charge in [-0.1, -0.05) is 113 Å². The van der Waals surface area contributed by atoms with Gasteiger partial charge >= 0.3 is 19.8 Å². The lowest BCUT2D eigenvalue weighted by Gasteiger charge is -2.19. The average Bonchev–Trinajstić information content (AvgIpc) is 3.12. The summed E-state index contributed by atoms with van der Waals surface area (Å²) >= 11 is 0. The number of phosphoric acid groups is 1. The van der Waals surface area contributed by atoms with E-state index in [4.69, 9.17) is 24.3 Å². The first-order valence-corrected chi connectivity index (χ1v) is 21.2. The van der Waals surface area contributed by atoms with E-state index in [1.165, 1.54) is 19.3 Å². The van der Waals surface area contributed by atoms with E-state index in [1.54, 1.807) is 6.08 Å². The third-order valence-corrected chi connectivity index (χ3v) is 8.84. The molecule has 3 N–H and O–H groups in total. The van der Waals surface area contributed by atoms with Gasteiger partial charge in [-0.3, -0.25) is 23.4 Å². The molecule has 0 aliphatic carbocycles. The third-order valence-electron chi connectivity index (χ3n) is 7.85. The molecule has 0 aromatic carbocycles. The lowest BCUT2D eigenvalue weighted by Crippen LogP contribution is -2.29. The summed E-state index contributed by atoms with van der Waals surface area (Å²) in [4.78, 5) is 46.5. The molecule has 1 unspecified atom stereocenters. The van der Waals surface area contributed by atoms with E-state index in [2.05, 4.69) is 56.4 Å². The predicted octanol–water partition coefficient (Wildman–Crippen LogP) is 10.1. The molecular formula is C41H70NO9P. The first-order valence-electron chi connectivity index (χ1n) is 19.7. The summed E-state index contributed by atoms with van der Waals surface area (Å²) < 4.78 is 32.6. The van der Waals surface area contributed by atoms with Gasteiger partial charge in [-0.15, -0.1) is 0 Å². The number of rotatable bonds is 36. The Hall–Kier alpha value is -2.62. The summed E-state index contributed by atoms with van der Waals surface area (Å²) in [7, 11) is -4.41. The fraction of sp³-hybridized carbons (Fsp3) is 0.683. The van der Waals surface area contributed by atoms with Crippen LogP contribution in [-0.2, 0) is 37.5 Å². The van der Waals surface area contributed by atoms with Gasteiger partial charge in [0.15, 0.2) is 11.9 Å². The van der Waals surface area contributed by atoms with Crippen molar-refractivity contribution in [2.24, 2.45) is 5.73 Å². The lowest BCUT2D eigenvalue weighted by atomic mass is 10.1. The molecule has 0 aromatic heterocycles. The summed E-state index contributed by atoms with van der Waals surface area (Å²) in [6.07, 6.45) is 38.0. The normalized spacial score (nSPS) is 13.9. The average molecular weight is 752 g/mol. The SMILES string of the molecule is CCCCC/C=C\C/C=C\C/C=C\CCCCC(=O)OC[C@H](COP(=O)(O)OCCN)OC(=O)CCCCCCC/C=C\C=C\C(=O)CCCCC. The Balaban J connectivity index is 4.36. The number of hydrogen-bond donors (Lipinski definition) is 2. The van der Waals surface area contributed by atoms with Crippen LogP contribution in [0.15, 0.2) is 60.8 Å². The quantitative estimate of drug-likeness (QED) is 0.0158. The van der Waals surface area contributed by atoms with Gasteiger partial charge in [0.2, 0.25) is 0 Å². The number of carbonyl (C=O) groups excluding carboxylic acids is 3. The first-order chi connectivity index (χ1) is 25.2. The number of ketones is 1. The zero-order chi connectivity index (χ0) is 38.4. The van der Waals surface area contributed by atoms with Crippen molar-refractivity contribution in [2.45, 2.75) is 155 Å². The molecule has 52 heavy (non-hydrogen) atoms. The Morgan fingerprint density at radius 1 is 0.635 bits per heavy atom. The lowest BCUT2D eigenvalue weighted by molar-refractivity contribution is -0.161. The molecular weight excluding hydrogens is 681 g/mol. The first kappa shape index (κ1) is 49.4. The molecule has 0 saturated carbocycles. The van der Waals surface area contributed by atoms with Gasteiger partial charge in [0, 0.05) is 25.8 Å². The molecule has 0 aromatic rings. The van der Waals surface area contributed by atoms with Gasteiger partial charge in [-0.2, -0.15) is 0 Å². The minimum absolute atomic E-state index is 0.0311. The van der Waals surface area contributed by atoms with Crippen LogP contribution in [0.1, 0.15) is 149 Å². The van der Waals surface area contributed by atoms with Crippen LogP contribution in [0.2, 0.25) is 0 Å². The van der Waals surface area contributed by atoms with Crippen molar-refractivity contribution in [2.75, 3.05) is 26.4 Å². The molecule has 298 valence electrons. The number of unbranched alkanes of at least 4 members (excludes halogenated alkanes) is 12. The molecule has 0 aliphatic rings.